The molecular weight excluding hydrogens is 142 g/mol. The molecule has 1 aromatic carbocycles. The van der Waals surface area contributed by atoms with Gasteiger partial charge in [-0.15, -0.1) is 0 Å². The van der Waals surface area contributed by atoms with Gasteiger partial charge in [-0.2, -0.15) is 0 Å². The molecule has 2 atom stereocenters. The number of fused-ring (bicyclic) bond motifs is 1. The fourth-order valence-electron chi connectivity index (χ4n) is 1.29. The van der Waals surface area contributed by atoms with Gasteiger partial charge >= 0.3 is 0 Å². The lowest BCUT2D eigenvalue weighted by atomic mass is 10.1. The first kappa shape index (κ1) is 6.64. The van der Waals surface area contributed by atoms with E-state index in [1.54, 1.807) is 6.07 Å². The van der Waals surface area contributed by atoms with Crippen LogP contribution < -0.4 is 5.32 Å². The molecule has 0 amide bonds. The van der Waals surface area contributed by atoms with Crippen LogP contribution in [-0.2, 0) is 0 Å². The molecule has 0 aliphatic carbocycles. The summed E-state index contributed by atoms with van der Waals surface area (Å²) in [5.41, 5.74) is 1.58. The zero-order chi connectivity index (χ0) is 7.84. The number of nitrogens with one attached hydrogen (secondary N) is 1. The van der Waals surface area contributed by atoms with Crippen LogP contribution in [0.2, 0.25) is 0 Å². The standard InChI is InChI=1S/C8H9NO2/c10-7-5-3-1-2-4-6(5)9-8(7)11/h1-4,7-11H. The van der Waals surface area contributed by atoms with E-state index in [0.717, 1.165) is 11.3 Å². The molecule has 2 rings (SSSR count). The van der Waals surface area contributed by atoms with Crippen molar-refractivity contribution in [3.8, 4) is 0 Å². The van der Waals surface area contributed by atoms with E-state index in [1.807, 2.05) is 18.2 Å². The molecule has 3 nitrogen and oxygen atoms in total. The van der Waals surface area contributed by atoms with Crippen molar-refractivity contribution in [1.82, 2.24) is 0 Å². The third kappa shape index (κ3) is 0.895. The highest BCUT2D eigenvalue weighted by Gasteiger charge is 2.27. The summed E-state index contributed by atoms with van der Waals surface area (Å²) in [7, 11) is 0. The van der Waals surface area contributed by atoms with Crippen LogP contribution in [0, 0.1) is 0 Å². The molecule has 0 bridgehead atoms. The van der Waals surface area contributed by atoms with Crippen LogP contribution in [0.1, 0.15) is 11.7 Å². The van der Waals surface area contributed by atoms with E-state index in [2.05, 4.69) is 5.32 Å². The summed E-state index contributed by atoms with van der Waals surface area (Å²) in [4.78, 5) is 0. The van der Waals surface area contributed by atoms with E-state index in [4.69, 9.17) is 5.11 Å². The number of para-hydroxylation sites is 1. The molecule has 0 saturated heterocycles. The molecule has 1 aromatic rings. The second-order valence-corrected chi connectivity index (χ2v) is 2.62. The summed E-state index contributed by atoms with van der Waals surface area (Å²) in [6.07, 6.45) is -1.64. The van der Waals surface area contributed by atoms with Crippen molar-refractivity contribution >= 4 is 5.69 Å². The predicted octanol–water partition coefficient (Wildman–Crippen LogP) is 0.464. The number of aliphatic hydroxyl groups excluding tert-OH is 2. The van der Waals surface area contributed by atoms with Gasteiger partial charge in [0, 0.05) is 11.3 Å². The molecule has 1 aliphatic heterocycles. The molecule has 0 fully saturated rings. The number of hydrogen-bond acceptors (Lipinski definition) is 3. The maximum atomic E-state index is 9.34. The maximum absolute atomic E-state index is 9.34. The average molecular weight is 151 g/mol. The van der Waals surface area contributed by atoms with Gasteiger partial charge in [-0.05, 0) is 6.07 Å². The van der Waals surface area contributed by atoms with Crippen LogP contribution in [0.25, 0.3) is 0 Å². The second kappa shape index (κ2) is 2.22. The van der Waals surface area contributed by atoms with Gasteiger partial charge in [-0.3, -0.25) is 0 Å². The van der Waals surface area contributed by atoms with Gasteiger partial charge in [0.2, 0.25) is 0 Å². The highest BCUT2D eigenvalue weighted by Crippen LogP contribution is 2.32. The fraction of sp³-hybridized carbons (Fsp3) is 0.250. The van der Waals surface area contributed by atoms with E-state index >= 15 is 0 Å². The van der Waals surface area contributed by atoms with Gasteiger partial charge in [-0.1, -0.05) is 18.2 Å². The third-order valence-electron chi connectivity index (χ3n) is 1.88. The number of hydrogen-bond donors (Lipinski definition) is 3. The minimum absolute atomic E-state index is 0.764. The van der Waals surface area contributed by atoms with Gasteiger partial charge < -0.3 is 15.5 Å². The van der Waals surface area contributed by atoms with Crippen LogP contribution in [0.15, 0.2) is 24.3 Å². The van der Waals surface area contributed by atoms with Gasteiger partial charge in [0.15, 0.2) is 6.23 Å². The van der Waals surface area contributed by atoms with Crippen LogP contribution in [0.3, 0.4) is 0 Å². The van der Waals surface area contributed by atoms with Crippen LogP contribution in [0.5, 0.6) is 0 Å². The first-order chi connectivity index (χ1) is 5.29. The lowest BCUT2D eigenvalue weighted by molar-refractivity contribution is 0.0462. The van der Waals surface area contributed by atoms with Gasteiger partial charge in [0.05, 0.1) is 0 Å². The first-order valence-electron chi connectivity index (χ1n) is 3.50. The Labute approximate surface area is 64.3 Å². The molecule has 3 N–H and O–H groups in total. The predicted molar refractivity (Wildman–Crippen MR) is 41.0 cm³/mol. The molecule has 11 heavy (non-hydrogen) atoms. The normalized spacial score (nSPS) is 27.8. The van der Waals surface area contributed by atoms with Gasteiger partial charge in [0.1, 0.15) is 6.10 Å². The molecule has 0 saturated carbocycles. The largest absolute Gasteiger partial charge is 0.384 e. The Bertz CT molecular complexity index is 275. The Hall–Kier alpha value is -1.06. The average Bonchev–Trinajstić information content (AvgIpc) is 2.30. The molecule has 1 aliphatic rings. The first-order valence-corrected chi connectivity index (χ1v) is 3.50. The lowest BCUT2D eigenvalue weighted by Gasteiger charge is -2.06. The van der Waals surface area contributed by atoms with Crippen molar-refractivity contribution in [2.24, 2.45) is 0 Å². The fourth-order valence-corrected chi connectivity index (χ4v) is 1.29. The van der Waals surface area contributed by atoms with Crippen molar-refractivity contribution < 1.29 is 10.2 Å². The quantitative estimate of drug-likeness (QED) is 0.505. The molecule has 0 spiro atoms. The van der Waals surface area contributed by atoms with Gasteiger partial charge in [0.25, 0.3) is 0 Å². The number of aliphatic hydroxyl groups is 2. The van der Waals surface area contributed by atoms with Crippen molar-refractivity contribution in [3.05, 3.63) is 29.8 Å². The van der Waals surface area contributed by atoms with E-state index in [9.17, 15) is 5.11 Å². The highest BCUT2D eigenvalue weighted by atomic mass is 16.3. The summed E-state index contributed by atoms with van der Waals surface area (Å²) >= 11 is 0. The molecule has 2 unspecified atom stereocenters. The van der Waals surface area contributed by atoms with Gasteiger partial charge in [-0.25, -0.2) is 0 Å². The summed E-state index contributed by atoms with van der Waals surface area (Å²) in [6.45, 7) is 0. The van der Waals surface area contributed by atoms with E-state index in [-0.39, 0.29) is 0 Å². The Balaban J connectivity index is 2.47. The second-order valence-electron chi connectivity index (χ2n) is 2.62. The summed E-state index contributed by atoms with van der Waals surface area (Å²) in [5, 5.41) is 21.2. The number of rotatable bonds is 0. The van der Waals surface area contributed by atoms with Crippen LogP contribution in [0.4, 0.5) is 5.69 Å². The number of anilines is 1. The molecule has 0 aromatic heterocycles. The highest BCUT2D eigenvalue weighted by molar-refractivity contribution is 5.57. The Morgan fingerprint density at radius 1 is 1.18 bits per heavy atom. The third-order valence-corrected chi connectivity index (χ3v) is 1.88. The summed E-state index contributed by atoms with van der Waals surface area (Å²) in [5.74, 6) is 0. The smallest absolute Gasteiger partial charge is 0.155 e. The van der Waals surface area contributed by atoms with Crippen molar-refractivity contribution in [1.29, 1.82) is 0 Å². The molecular formula is C8H9NO2. The van der Waals surface area contributed by atoms with Crippen molar-refractivity contribution in [2.45, 2.75) is 12.3 Å². The minimum Gasteiger partial charge on any atom is -0.384 e. The Kier molecular flexibility index (Phi) is 1.34. The monoisotopic (exact) mass is 151 g/mol. The molecule has 3 heteroatoms. The molecule has 0 radical (unpaired) electrons. The van der Waals surface area contributed by atoms with Crippen LogP contribution in [-0.4, -0.2) is 16.4 Å². The van der Waals surface area contributed by atoms with E-state index in [1.165, 1.54) is 0 Å². The Morgan fingerprint density at radius 2 is 1.91 bits per heavy atom. The topological polar surface area (TPSA) is 52.5 Å². The molecule has 58 valence electrons. The molecule has 1 heterocycles. The van der Waals surface area contributed by atoms with Crippen molar-refractivity contribution in [3.63, 3.8) is 0 Å². The number of benzene rings is 1. The van der Waals surface area contributed by atoms with Crippen molar-refractivity contribution in [2.75, 3.05) is 5.32 Å². The van der Waals surface area contributed by atoms with E-state index in [0.29, 0.717) is 0 Å². The summed E-state index contributed by atoms with van der Waals surface area (Å²) in [6, 6.07) is 7.32. The lowest BCUT2D eigenvalue weighted by Crippen LogP contribution is -2.18. The van der Waals surface area contributed by atoms with Crippen LogP contribution >= 0.6 is 0 Å². The maximum Gasteiger partial charge on any atom is 0.155 e. The van der Waals surface area contributed by atoms with E-state index < -0.39 is 12.3 Å². The summed E-state index contributed by atoms with van der Waals surface area (Å²) < 4.78 is 0. The zero-order valence-electron chi connectivity index (χ0n) is 5.86. The minimum atomic E-state index is -0.854. The SMILES string of the molecule is OC1Nc2ccccc2C1O. The zero-order valence-corrected chi connectivity index (χ0v) is 5.86. The Morgan fingerprint density at radius 3 is 2.64 bits per heavy atom.